The molecule has 0 aromatic heterocycles. The summed E-state index contributed by atoms with van der Waals surface area (Å²) < 4.78 is 0. The van der Waals surface area contributed by atoms with Crippen molar-refractivity contribution in [2.24, 2.45) is 11.8 Å². The molecule has 0 bridgehead atoms. The van der Waals surface area contributed by atoms with E-state index >= 15 is 0 Å². The highest BCUT2D eigenvalue weighted by Crippen LogP contribution is 2.26. The molecule has 17 heavy (non-hydrogen) atoms. The van der Waals surface area contributed by atoms with Crippen LogP contribution in [0.1, 0.15) is 19.3 Å². The van der Waals surface area contributed by atoms with E-state index in [1.807, 2.05) is 0 Å². The Kier molecular flexibility index (Phi) is 3.34. The molecule has 0 aliphatic carbocycles. The third-order valence-corrected chi connectivity index (χ3v) is 4.58. The second-order valence-electron chi connectivity index (χ2n) is 5.78. The van der Waals surface area contributed by atoms with Gasteiger partial charge in [0.1, 0.15) is 0 Å². The lowest BCUT2D eigenvalue weighted by Gasteiger charge is -2.20. The monoisotopic (exact) mass is 237 g/mol. The van der Waals surface area contributed by atoms with E-state index in [0.717, 1.165) is 51.0 Å². The second-order valence-corrected chi connectivity index (χ2v) is 5.78. The standard InChI is InChI=1S/C13H23N3O/c17-13(3-6-15-4-1-2-5-15)16-9-11-7-14-8-12(11)10-16/h11-12,14H,1-10H2. The predicted octanol–water partition coefficient (Wildman–Crippen LogP) is 0.150. The molecule has 96 valence electrons. The molecule has 1 amide bonds. The van der Waals surface area contributed by atoms with Crippen LogP contribution < -0.4 is 5.32 Å². The number of carbonyl (C=O) groups excluding carboxylic acids is 1. The molecule has 3 aliphatic rings. The van der Waals surface area contributed by atoms with Gasteiger partial charge in [0, 0.05) is 39.1 Å². The maximum Gasteiger partial charge on any atom is 0.223 e. The minimum Gasteiger partial charge on any atom is -0.342 e. The molecule has 0 spiro atoms. The molecule has 3 heterocycles. The second kappa shape index (κ2) is 4.94. The van der Waals surface area contributed by atoms with Crippen molar-refractivity contribution < 1.29 is 4.79 Å². The van der Waals surface area contributed by atoms with Gasteiger partial charge in [-0.2, -0.15) is 0 Å². The fourth-order valence-electron chi connectivity index (χ4n) is 3.48. The molecule has 0 aromatic carbocycles. The molecule has 0 aromatic rings. The Labute approximate surface area is 103 Å². The van der Waals surface area contributed by atoms with Gasteiger partial charge >= 0.3 is 0 Å². The molecule has 4 nitrogen and oxygen atoms in total. The van der Waals surface area contributed by atoms with Crippen LogP contribution in [0.15, 0.2) is 0 Å². The Hall–Kier alpha value is -0.610. The van der Waals surface area contributed by atoms with E-state index < -0.39 is 0 Å². The highest BCUT2D eigenvalue weighted by Gasteiger charge is 2.37. The summed E-state index contributed by atoms with van der Waals surface area (Å²) in [6, 6.07) is 0. The average molecular weight is 237 g/mol. The fourth-order valence-corrected chi connectivity index (χ4v) is 3.48. The van der Waals surface area contributed by atoms with E-state index in [1.54, 1.807) is 0 Å². The van der Waals surface area contributed by atoms with Crippen LogP contribution in [-0.4, -0.2) is 61.5 Å². The van der Waals surface area contributed by atoms with Crippen molar-refractivity contribution in [3.63, 3.8) is 0 Å². The minimum atomic E-state index is 0.381. The van der Waals surface area contributed by atoms with Crippen molar-refractivity contribution in [2.45, 2.75) is 19.3 Å². The lowest BCUT2D eigenvalue weighted by molar-refractivity contribution is -0.130. The molecule has 0 saturated carbocycles. The van der Waals surface area contributed by atoms with Gasteiger partial charge in [0.05, 0.1) is 0 Å². The van der Waals surface area contributed by atoms with Crippen LogP contribution >= 0.6 is 0 Å². The van der Waals surface area contributed by atoms with E-state index in [0.29, 0.717) is 5.91 Å². The first-order valence-electron chi connectivity index (χ1n) is 7.04. The summed E-state index contributed by atoms with van der Waals surface area (Å²) in [7, 11) is 0. The Morgan fingerprint density at radius 2 is 1.76 bits per heavy atom. The van der Waals surface area contributed by atoms with Gasteiger partial charge in [-0.25, -0.2) is 0 Å². The number of nitrogens with one attached hydrogen (secondary N) is 1. The lowest BCUT2D eigenvalue weighted by atomic mass is 10.0. The molecular weight excluding hydrogens is 214 g/mol. The summed E-state index contributed by atoms with van der Waals surface area (Å²) in [6.45, 7) is 7.59. The zero-order valence-electron chi connectivity index (χ0n) is 10.5. The first kappa shape index (κ1) is 11.5. The maximum atomic E-state index is 12.1. The highest BCUT2D eigenvalue weighted by molar-refractivity contribution is 5.76. The van der Waals surface area contributed by atoms with Crippen molar-refractivity contribution in [1.82, 2.24) is 15.1 Å². The van der Waals surface area contributed by atoms with Gasteiger partial charge in [-0.05, 0) is 37.8 Å². The molecule has 2 unspecified atom stereocenters. The summed E-state index contributed by atoms with van der Waals surface area (Å²) in [4.78, 5) is 16.6. The summed E-state index contributed by atoms with van der Waals surface area (Å²) in [5.74, 6) is 1.84. The van der Waals surface area contributed by atoms with E-state index in [9.17, 15) is 4.79 Å². The summed E-state index contributed by atoms with van der Waals surface area (Å²) in [5, 5.41) is 3.41. The summed E-state index contributed by atoms with van der Waals surface area (Å²) in [6.07, 6.45) is 3.36. The molecule has 3 fully saturated rings. The number of likely N-dealkylation sites (tertiary alicyclic amines) is 2. The molecule has 3 saturated heterocycles. The van der Waals surface area contributed by atoms with Gasteiger partial charge in [-0.3, -0.25) is 4.79 Å². The third kappa shape index (κ3) is 2.47. The molecular formula is C13H23N3O. The van der Waals surface area contributed by atoms with Crippen molar-refractivity contribution in [3.8, 4) is 0 Å². The van der Waals surface area contributed by atoms with E-state index in [4.69, 9.17) is 0 Å². The van der Waals surface area contributed by atoms with Crippen LogP contribution in [0, 0.1) is 11.8 Å². The topological polar surface area (TPSA) is 35.6 Å². The van der Waals surface area contributed by atoms with Crippen molar-refractivity contribution in [1.29, 1.82) is 0 Å². The number of rotatable bonds is 3. The Morgan fingerprint density at radius 1 is 1.12 bits per heavy atom. The van der Waals surface area contributed by atoms with E-state index in [2.05, 4.69) is 15.1 Å². The summed E-state index contributed by atoms with van der Waals surface area (Å²) in [5.41, 5.74) is 0. The molecule has 1 N–H and O–H groups in total. The van der Waals surface area contributed by atoms with Crippen LogP contribution in [0.5, 0.6) is 0 Å². The van der Waals surface area contributed by atoms with Crippen molar-refractivity contribution >= 4 is 5.91 Å². The Balaban J connectivity index is 1.43. The fraction of sp³-hybridized carbons (Fsp3) is 0.923. The lowest BCUT2D eigenvalue weighted by Crippen LogP contribution is -2.34. The van der Waals surface area contributed by atoms with Gasteiger partial charge in [-0.1, -0.05) is 0 Å². The third-order valence-electron chi connectivity index (χ3n) is 4.58. The molecule has 3 rings (SSSR count). The molecule has 0 radical (unpaired) electrons. The first-order chi connectivity index (χ1) is 8.33. The van der Waals surface area contributed by atoms with Crippen LogP contribution in [0.25, 0.3) is 0 Å². The zero-order valence-corrected chi connectivity index (χ0v) is 10.5. The largest absolute Gasteiger partial charge is 0.342 e. The quantitative estimate of drug-likeness (QED) is 0.759. The van der Waals surface area contributed by atoms with Crippen molar-refractivity contribution in [3.05, 3.63) is 0 Å². The van der Waals surface area contributed by atoms with Crippen LogP contribution in [0.2, 0.25) is 0 Å². The molecule has 4 heteroatoms. The first-order valence-corrected chi connectivity index (χ1v) is 7.04. The van der Waals surface area contributed by atoms with Crippen molar-refractivity contribution in [2.75, 3.05) is 45.8 Å². The normalized spacial score (nSPS) is 33.3. The molecule has 3 aliphatic heterocycles. The number of fused-ring (bicyclic) bond motifs is 1. The van der Waals surface area contributed by atoms with Crippen LogP contribution in [-0.2, 0) is 4.79 Å². The van der Waals surface area contributed by atoms with Gasteiger partial charge in [0.25, 0.3) is 0 Å². The van der Waals surface area contributed by atoms with Gasteiger partial charge in [-0.15, -0.1) is 0 Å². The Morgan fingerprint density at radius 3 is 2.41 bits per heavy atom. The van der Waals surface area contributed by atoms with Gasteiger partial charge in [0.2, 0.25) is 5.91 Å². The van der Waals surface area contributed by atoms with Crippen LogP contribution in [0.3, 0.4) is 0 Å². The zero-order chi connectivity index (χ0) is 11.7. The van der Waals surface area contributed by atoms with Crippen LogP contribution in [0.4, 0.5) is 0 Å². The Bertz CT molecular complexity index is 276. The number of amides is 1. The van der Waals surface area contributed by atoms with Gasteiger partial charge < -0.3 is 15.1 Å². The van der Waals surface area contributed by atoms with E-state index in [1.165, 1.54) is 25.9 Å². The summed E-state index contributed by atoms with van der Waals surface area (Å²) >= 11 is 0. The SMILES string of the molecule is O=C(CCN1CCCC1)N1CC2CNCC2C1. The highest BCUT2D eigenvalue weighted by atomic mass is 16.2. The van der Waals surface area contributed by atoms with E-state index in [-0.39, 0.29) is 0 Å². The smallest absolute Gasteiger partial charge is 0.223 e. The number of nitrogens with zero attached hydrogens (tertiary/aromatic N) is 2. The number of hydrogen-bond acceptors (Lipinski definition) is 3. The predicted molar refractivity (Wildman–Crippen MR) is 66.7 cm³/mol. The maximum absolute atomic E-state index is 12.1. The molecule has 2 atom stereocenters. The average Bonchev–Trinajstić information content (AvgIpc) is 3.01. The number of carbonyl (C=O) groups is 1. The number of hydrogen-bond donors (Lipinski definition) is 1. The minimum absolute atomic E-state index is 0.381. The van der Waals surface area contributed by atoms with Gasteiger partial charge in [0.15, 0.2) is 0 Å².